The molecule has 0 radical (unpaired) electrons. The molecule has 0 aliphatic rings. The lowest BCUT2D eigenvalue weighted by atomic mass is 10.1. The number of hydrogen-bond acceptors (Lipinski definition) is 1. The third kappa shape index (κ3) is 1.72. The quantitative estimate of drug-likeness (QED) is 0.614. The van der Waals surface area contributed by atoms with Gasteiger partial charge in [0.15, 0.2) is 0 Å². The second-order valence-electron chi connectivity index (χ2n) is 4.41. The molecule has 17 heavy (non-hydrogen) atoms. The summed E-state index contributed by atoms with van der Waals surface area (Å²) in [6.45, 7) is 4.16. The largest absolute Gasteiger partial charge is 0.304 e. The minimum absolute atomic E-state index is 1.00. The van der Waals surface area contributed by atoms with Gasteiger partial charge in [0.25, 0.3) is 0 Å². The fourth-order valence-corrected chi connectivity index (χ4v) is 2.03. The Morgan fingerprint density at radius 1 is 0.941 bits per heavy atom. The molecule has 84 valence electrons. The molecule has 2 nitrogen and oxygen atoms in total. The SMILES string of the molecule is Cc1ccc(-c2ccn3c(C)cnc3c2)cc1. The van der Waals surface area contributed by atoms with Crippen molar-refractivity contribution in [2.75, 3.05) is 0 Å². The summed E-state index contributed by atoms with van der Waals surface area (Å²) in [4.78, 5) is 4.38. The van der Waals surface area contributed by atoms with E-state index in [4.69, 9.17) is 0 Å². The Morgan fingerprint density at radius 3 is 2.47 bits per heavy atom. The molecule has 0 unspecified atom stereocenters. The number of aryl methyl sites for hydroxylation is 2. The van der Waals surface area contributed by atoms with Crippen molar-refractivity contribution in [2.45, 2.75) is 13.8 Å². The van der Waals surface area contributed by atoms with E-state index in [0.717, 1.165) is 11.3 Å². The maximum absolute atomic E-state index is 4.38. The van der Waals surface area contributed by atoms with E-state index in [0.29, 0.717) is 0 Å². The van der Waals surface area contributed by atoms with Gasteiger partial charge in [-0.05, 0) is 37.1 Å². The van der Waals surface area contributed by atoms with Crippen LogP contribution in [0.3, 0.4) is 0 Å². The highest BCUT2D eigenvalue weighted by atomic mass is 15.0. The molecule has 0 saturated heterocycles. The molecule has 0 spiro atoms. The first-order chi connectivity index (χ1) is 8.24. The highest BCUT2D eigenvalue weighted by Gasteiger charge is 2.02. The van der Waals surface area contributed by atoms with Gasteiger partial charge in [-0.2, -0.15) is 0 Å². The van der Waals surface area contributed by atoms with E-state index in [9.17, 15) is 0 Å². The lowest BCUT2D eigenvalue weighted by Crippen LogP contribution is -1.87. The van der Waals surface area contributed by atoms with Gasteiger partial charge in [0, 0.05) is 18.1 Å². The summed E-state index contributed by atoms with van der Waals surface area (Å²) in [5.74, 6) is 0. The maximum Gasteiger partial charge on any atom is 0.137 e. The smallest absolute Gasteiger partial charge is 0.137 e. The second-order valence-corrected chi connectivity index (χ2v) is 4.41. The number of benzene rings is 1. The molecule has 0 aliphatic heterocycles. The third-order valence-electron chi connectivity index (χ3n) is 3.08. The van der Waals surface area contributed by atoms with Crippen LogP contribution in [-0.2, 0) is 0 Å². The lowest BCUT2D eigenvalue weighted by molar-refractivity contribution is 1.11. The van der Waals surface area contributed by atoms with Crippen LogP contribution < -0.4 is 0 Å². The van der Waals surface area contributed by atoms with Gasteiger partial charge in [0.1, 0.15) is 5.65 Å². The van der Waals surface area contributed by atoms with Gasteiger partial charge in [-0.3, -0.25) is 0 Å². The molecule has 0 amide bonds. The van der Waals surface area contributed by atoms with Crippen molar-refractivity contribution in [1.82, 2.24) is 9.38 Å². The van der Waals surface area contributed by atoms with Crippen molar-refractivity contribution in [2.24, 2.45) is 0 Å². The Hall–Kier alpha value is -2.09. The Kier molecular flexibility index (Phi) is 2.22. The van der Waals surface area contributed by atoms with Gasteiger partial charge in [0.05, 0.1) is 0 Å². The van der Waals surface area contributed by atoms with Crippen LogP contribution >= 0.6 is 0 Å². The third-order valence-corrected chi connectivity index (χ3v) is 3.08. The predicted octanol–water partition coefficient (Wildman–Crippen LogP) is 3.62. The first-order valence-corrected chi connectivity index (χ1v) is 5.75. The molecule has 3 aromatic rings. The van der Waals surface area contributed by atoms with Crippen LogP contribution in [0.15, 0.2) is 48.8 Å². The molecular formula is C15H14N2. The van der Waals surface area contributed by atoms with Crippen molar-refractivity contribution >= 4 is 5.65 Å². The summed E-state index contributed by atoms with van der Waals surface area (Å²) >= 11 is 0. The van der Waals surface area contributed by atoms with E-state index in [-0.39, 0.29) is 0 Å². The second kappa shape index (κ2) is 3.74. The summed E-state index contributed by atoms with van der Waals surface area (Å²) in [5, 5.41) is 0. The minimum Gasteiger partial charge on any atom is -0.304 e. The molecule has 0 aliphatic carbocycles. The number of hydrogen-bond donors (Lipinski definition) is 0. The average Bonchev–Trinajstić information content (AvgIpc) is 2.72. The zero-order valence-electron chi connectivity index (χ0n) is 10.0. The molecular weight excluding hydrogens is 208 g/mol. The van der Waals surface area contributed by atoms with Gasteiger partial charge < -0.3 is 4.40 Å². The number of pyridine rings is 1. The first kappa shape index (κ1) is 10.1. The van der Waals surface area contributed by atoms with Gasteiger partial charge in [-0.1, -0.05) is 29.8 Å². The van der Waals surface area contributed by atoms with Gasteiger partial charge in [-0.25, -0.2) is 4.98 Å². The highest BCUT2D eigenvalue weighted by molar-refractivity contribution is 5.67. The zero-order chi connectivity index (χ0) is 11.8. The lowest BCUT2D eigenvalue weighted by Gasteiger charge is -2.03. The van der Waals surface area contributed by atoms with Gasteiger partial charge >= 0.3 is 0 Å². The van der Waals surface area contributed by atoms with E-state index in [2.05, 4.69) is 65.8 Å². The minimum atomic E-state index is 1.00. The van der Waals surface area contributed by atoms with Crippen LogP contribution in [0.5, 0.6) is 0 Å². The number of imidazole rings is 1. The van der Waals surface area contributed by atoms with Crippen LogP contribution in [0.25, 0.3) is 16.8 Å². The van der Waals surface area contributed by atoms with Crippen LogP contribution in [0.2, 0.25) is 0 Å². The maximum atomic E-state index is 4.38. The Balaban J connectivity index is 2.14. The standard InChI is InChI=1S/C15H14N2/c1-11-3-5-13(6-4-11)14-7-8-17-12(2)10-16-15(17)9-14/h3-10H,1-2H3. The number of aromatic nitrogens is 2. The molecule has 0 bridgehead atoms. The summed E-state index contributed by atoms with van der Waals surface area (Å²) in [5.41, 5.74) is 5.89. The van der Waals surface area contributed by atoms with Crippen molar-refractivity contribution < 1.29 is 0 Å². The summed E-state index contributed by atoms with van der Waals surface area (Å²) in [6, 6.07) is 12.8. The first-order valence-electron chi connectivity index (χ1n) is 5.75. The van der Waals surface area contributed by atoms with Crippen LogP contribution in [0, 0.1) is 13.8 Å². The molecule has 2 heterocycles. The fourth-order valence-electron chi connectivity index (χ4n) is 2.03. The monoisotopic (exact) mass is 222 g/mol. The topological polar surface area (TPSA) is 17.3 Å². The van der Waals surface area contributed by atoms with Crippen molar-refractivity contribution in [3.8, 4) is 11.1 Å². The van der Waals surface area contributed by atoms with Crippen molar-refractivity contribution in [1.29, 1.82) is 0 Å². The molecule has 2 aromatic heterocycles. The Labute approximate surface area is 101 Å². The normalized spacial score (nSPS) is 10.9. The van der Waals surface area contributed by atoms with E-state index < -0.39 is 0 Å². The van der Waals surface area contributed by atoms with Crippen LogP contribution in [0.4, 0.5) is 0 Å². The van der Waals surface area contributed by atoms with Gasteiger partial charge in [-0.15, -0.1) is 0 Å². The van der Waals surface area contributed by atoms with Crippen molar-refractivity contribution in [3.05, 3.63) is 60.0 Å². The molecule has 3 rings (SSSR count). The summed E-state index contributed by atoms with van der Waals surface area (Å²) < 4.78 is 2.09. The van der Waals surface area contributed by atoms with E-state index in [1.54, 1.807) is 0 Å². The molecule has 0 fully saturated rings. The molecule has 2 heteroatoms. The van der Waals surface area contributed by atoms with E-state index in [1.165, 1.54) is 16.7 Å². The zero-order valence-corrected chi connectivity index (χ0v) is 10.0. The van der Waals surface area contributed by atoms with E-state index >= 15 is 0 Å². The van der Waals surface area contributed by atoms with Crippen molar-refractivity contribution in [3.63, 3.8) is 0 Å². The number of nitrogens with zero attached hydrogens (tertiary/aromatic N) is 2. The van der Waals surface area contributed by atoms with Crippen LogP contribution in [-0.4, -0.2) is 9.38 Å². The molecule has 0 saturated carbocycles. The molecule has 1 aromatic carbocycles. The average molecular weight is 222 g/mol. The molecule has 0 atom stereocenters. The summed E-state index contributed by atoms with van der Waals surface area (Å²) in [7, 11) is 0. The molecule has 0 N–H and O–H groups in total. The Bertz CT molecular complexity index is 663. The van der Waals surface area contributed by atoms with Crippen LogP contribution in [0.1, 0.15) is 11.3 Å². The number of rotatable bonds is 1. The highest BCUT2D eigenvalue weighted by Crippen LogP contribution is 2.21. The van der Waals surface area contributed by atoms with E-state index in [1.807, 2.05) is 6.20 Å². The predicted molar refractivity (Wildman–Crippen MR) is 70.1 cm³/mol. The Morgan fingerprint density at radius 2 is 1.71 bits per heavy atom. The number of fused-ring (bicyclic) bond motifs is 1. The van der Waals surface area contributed by atoms with Gasteiger partial charge in [0.2, 0.25) is 0 Å². The fraction of sp³-hybridized carbons (Fsp3) is 0.133. The summed E-state index contributed by atoms with van der Waals surface area (Å²) in [6.07, 6.45) is 3.97.